The van der Waals surface area contributed by atoms with E-state index in [1.165, 1.54) is 44.1 Å². The predicted molar refractivity (Wildman–Crippen MR) is 81.5 cm³/mol. The van der Waals surface area contributed by atoms with Gasteiger partial charge in [0.25, 0.3) is 0 Å². The molecule has 18 heavy (non-hydrogen) atoms. The van der Waals surface area contributed by atoms with Gasteiger partial charge in [0.1, 0.15) is 0 Å². The topological polar surface area (TPSA) is 12.0 Å². The molecule has 0 aliphatic rings. The summed E-state index contributed by atoms with van der Waals surface area (Å²) in [5, 5.41) is 4.12. The fourth-order valence-corrected chi connectivity index (χ4v) is 2.49. The van der Waals surface area contributed by atoms with Gasteiger partial charge in [-0.1, -0.05) is 62.8 Å². The van der Waals surface area contributed by atoms with Crippen molar-refractivity contribution < 1.29 is 0 Å². The Morgan fingerprint density at radius 3 is 2.33 bits per heavy atom. The molecule has 0 saturated heterocycles. The Balaban J connectivity index is 2.41. The van der Waals surface area contributed by atoms with E-state index in [1.54, 1.807) is 0 Å². The van der Waals surface area contributed by atoms with Crippen LogP contribution in [0.4, 0.5) is 0 Å². The zero-order valence-corrected chi connectivity index (χ0v) is 12.5. The van der Waals surface area contributed by atoms with Gasteiger partial charge in [0, 0.05) is 11.6 Å². The Hall–Kier alpha value is -0.530. The lowest BCUT2D eigenvalue weighted by atomic mass is 9.93. The van der Waals surface area contributed by atoms with Crippen molar-refractivity contribution in [3.8, 4) is 0 Å². The van der Waals surface area contributed by atoms with Gasteiger partial charge in [0.15, 0.2) is 0 Å². The summed E-state index contributed by atoms with van der Waals surface area (Å²) in [6.45, 7) is 3.31. The van der Waals surface area contributed by atoms with Gasteiger partial charge < -0.3 is 5.32 Å². The van der Waals surface area contributed by atoms with Gasteiger partial charge in [0.2, 0.25) is 0 Å². The minimum absolute atomic E-state index is 0.619. The zero-order chi connectivity index (χ0) is 13.2. The highest BCUT2D eigenvalue weighted by atomic mass is 35.5. The SMILES string of the molecule is CCCCCCCC(CNC)c1ccc(Cl)cc1. The number of benzene rings is 1. The van der Waals surface area contributed by atoms with Crippen LogP contribution in [-0.2, 0) is 0 Å². The highest BCUT2D eigenvalue weighted by Crippen LogP contribution is 2.23. The number of hydrogen-bond acceptors (Lipinski definition) is 1. The van der Waals surface area contributed by atoms with E-state index >= 15 is 0 Å². The smallest absolute Gasteiger partial charge is 0.0406 e. The molecule has 1 nitrogen and oxygen atoms in total. The summed E-state index contributed by atoms with van der Waals surface area (Å²) in [5.41, 5.74) is 1.41. The molecule has 0 saturated carbocycles. The van der Waals surface area contributed by atoms with Crippen molar-refractivity contribution in [1.29, 1.82) is 0 Å². The van der Waals surface area contributed by atoms with E-state index in [9.17, 15) is 0 Å². The molecule has 1 aromatic rings. The molecule has 0 bridgehead atoms. The van der Waals surface area contributed by atoms with Crippen LogP contribution >= 0.6 is 11.6 Å². The van der Waals surface area contributed by atoms with E-state index in [1.807, 2.05) is 19.2 Å². The third-order valence-electron chi connectivity index (χ3n) is 3.45. The molecule has 2 heteroatoms. The maximum absolute atomic E-state index is 5.94. The van der Waals surface area contributed by atoms with Gasteiger partial charge in [-0.05, 0) is 37.1 Å². The summed E-state index contributed by atoms with van der Waals surface area (Å²) in [5.74, 6) is 0.619. The van der Waals surface area contributed by atoms with Crippen LogP contribution in [0.15, 0.2) is 24.3 Å². The Labute approximate surface area is 117 Å². The van der Waals surface area contributed by atoms with Crippen LogP contribution in [0.2, 0.25) is 5.02 Å². The lowest BCUT2D eigenvalue weighted by Crippen LogP contribution is -2.17. The minimum Gasteiger partial charge on any atom is -0.319 e. The molecule has 0 aliphatic heterocycles. The maximum Gasteiger partial charge on any atom is 0.0406 e. The lowest BCUT2D eigenvalue weighted by molar-refractivity contribution is 0.527. The lowest BCUT2D eigenvalue weighted by Gasteiger charge is -2.17. The van der Waals surface area contributed by atoms with Crippen molar-refractivity contribution in [2.24, 2.45) is 0 Å². The Bertz CT molecular complexity index is 307. The molecule has 0 radical (unpaired) electrons. The van der Waals surface area contributed by atoms with Crippen molar-refractivity contribution in [3.05, 3.63) is 34.9 Å². The standard InChI is InChI=1S/C16H26ClN/c1-3-4-5-6-7-8-15(13-18-2)14-9-11-16(17)12-10-14/h9-12,15,18H,3-8,13H2,1-2H3. The fraction of sp³-hybridized carbons (Fsp3) is 0.625. The molecule has 1 aromatic carbocycles. The third-order valence-corrected chi connectivity index (χ3v) is 3.70. The van der Waals surface area contributed by atoms with Crippen LogP contribution in [0.5, 0.6) is 0 Å². The molecule has 0 spiro atoms. The highest BCUT2D eigenvalue weighted by molar-refractivity contribution is 6.30. The average Bonchev–Trinajstić information content (AvgIpc) is 2.38. The summed E-state index contributed by atoms with van der Waals surface area (Å²) in [6, 6.07) is 8.32. The molecular weight excluding hydrogens is 242 g/mol. The third kappa shape index (κ3) is 5.88. The first-order valence-electron chi connectivity index (χ1n) is 7.18. The van der Waals surface area contributed by atoms with Crippen LogP contribution in [-0.4, -0.2) is 13.6 Å². The molecule has 0 fully saturated rings. The molecule has 0 aromatic heterocycles. The first-order valence-corrected chi connectivity index (χ1v) is 7.55. The Kier molecular flexibility index (Phi) is 8.11. The molecule has 1 N–H and O–H groups in total. The second kappa shape index (κ2) is 9.41. The number of likely N-dealkylation sites (N-methyl/N-ethyl adjacent to an activating group) is 1. The van der Waals surface area contributed by atoms with Gasteiger partial charge in [-0.15, -0.1) is 0 Å². The van der Waals surface area contributed by atoms with Crippen molar-refractivity contribution >= 4 is 11.6 Å². The predicted octanol–water partition coefficient (Wildman–Crippen LogP) is 5.00. The average molecular weight is 268 g/mol. The normalized spacial score (nSPS) is 12.6. The molecule has 0 heterocycles. The summed E-state index contributed by atoms with van der Waals surface area (Å²) in [4.78, 5) is 0. The number of nitrogens with one attached hydrogen (secondary N) is 1. The van der Waals surface area contributed by atoms with Gasteiger partial charge in [-0.25, -0.2) is 0 Å². The maximum atomic E-state index is 5.94. The number of unbranched alkanes of at least 4 members (excludes halogenated alkanes) is 4. The number of hydrogen-bond donors (Lipinski definition) is 1. The van der Waals surface area contributed by atoms with Gasteiger partial charge >= 0.3 is 0 Å². The summed E-state index contributed by atoms with van der Waals surface area (Å²) in [6.07, 6.45) is 8.03. The molecular formula is C16H26ClN. The van der Waals surface area contributed by atoms with E-state index < -0.39 is 0 Å². The summed E-state index contributed by atoms with van der Waals surface area (Å²) >= 11 is 5.94. The molecule has 0 aliphatic carbocycles. The molecule has 1 rings (SSSR count). The van der Waals surface area contributed by atoms with Crippen LogP contribution in [0, 0.1) is 0 Å². The van der Waals surface area contributed by atoms with E-state index in [2.05, 4.69) is 24.4 Å². The summed E-state index contributed by atoms with van der Waals surface area (Å²) < 4.78 is 0. The van der Waals surface area contributed by atoms with Crippen LogP contribution < -0.4 is 5.32 Å². The quantitative estimate of drug-likeness (QED) is 0.621. The first-order chi connectivity index (χ1) is 8.77. The number of halogens is 1. The van der Waals surface area contributed by atoms with Crippen molar-refractivity contribution in [3.63, 3.8) is 0 Å². The number of rotatable bonds is 9. The molecule has 1 atom stereocenters. The molecule has 0 amide bonds. The molecule has 1 unspecified atom stereocenters. The van der Waals surface area contributed by atoms with Crippen LogP contribution in [0.1, 0.15) is 56.9 Å². The summed E-state index contributed by atoms with van der Waals surface area (Å²) in [7, 11) is 2.03. The van der Waals surface area contributed by atoms with E-state index in [4.69, 9.17) is 11.6 Å². The Morgan fingerprint density at radius 1 is 1.06 bits per heavy atom. The Morgan fingerprint density at radius 2 is 1.72 bits per heavy atom. The van der Waals surface area contributed by atoms with Crippen molar-refractivity contribution in [2.75, 3.05) is 13.6 Å². The zero-order valence-electron chi connectivity index (χ0n) is 11.7. The van der Waals surface area contributed by atoms with Gasteiger partial charge in [-0.2, -0.15) is 0 Å². The van der Waals surface area contributed by atoms with E-state index in [0.717, 1.165) is 11.6 Å². The van der Waals surface area contributed by atoms with Crippen molar-refractivity contribution in [2.45, 2.75) is 51.4 Å². The van der Waals surface area contributed by atoms with E-state index in [0.29, 0.717) is 5.92 Å². The monoisotopic (exact) mass is 267 g/mol. The fourth-order valence-electron chi connectivity index (χ4n) is 2.36. The first kappa shape index (κ1) is 15.5. The van der Waals surface area contributed by atoms with Crippen molar-refractivity contribution in [1.82, 2.24) is 5.32 Å². The van der Waals surface area contributed by atoms with E-state index in [-0.39, 0.29) is 0 Å². The minimum atomic E-state index is 0.619. The second-order valence-electron chi connectivity index (χ2n) is 5.01. The van der Waals surface area contributed by atoms with Crippen LogP contribution in [0.25, 0.3) is 0 Å². The highest BCUT2D eigenvalue weighted by Gasteiger charge is 2.10. The van der Waals surface area contributed by atoms with Crippen LogP contribution in [0.3, 0.4) is 0 Å². The second-order valence-corrected chi connectivity index (χ2v) is 5.45. The molecule has 102 valence electrons. The van der Waals surface area contributed by atoms with Gasteiger partial charge in [0.05, 0.1) is 0 Å². The van der Waals surface area contributed by atoms with Gasteiger partial charge in [-0.3, -0.25) is 0 Å². The largest absolute Gasteiger partial charge is 0.319 e.